The van der Waals surface area contributed by atoms with E-state index >= 15 is 0 Å². The van der Waals surface area contributed by atoms with Gasteiger partial charge in [-0.25, -0.2) is 0 Å². The number of aliphatic imine (C=N–C) groups is 1. The van der Waals surface area contributed by atoms with Crippen LogP contribution in [0.25, 0.3) is 0 Å². The summed E-state index contributed by atoms with van der Waals surface area (Å²) in [7, 11) is 0. The van der Waals surface area contributed by atoms with Crippen LogP contribution in [0.3, 0.4) is 0 Å². The van der Waals surface area contributed by atoms with E-state index in [1.165, 1.54) is 31.9 Å². The van der Waals surface area contributed by atoms with Crippen molar-refractivity contribution in [1.82, 2.24) is 9.80 Å². The predicted octanol–water partition coefficient (Wildman–Crippen LogP) is 1.41. The molecule has 2 rings (SSSR count). The molecule has 5 heteroatoms. The Morgan fingerprint density at radius 1 is 1.29 bits per heavy atom. The Morgan fingerprint density at radius 3 is 2.82 bits per heavy atom. The minimum atomic E-state index is -1.35. The molecule has 2 aliphatic rings. The molecule has 0 spiro atoms. The van der Waals surface area contributed by atoms with Gasteiger partial charge in [-0.1, -0.05) is 0 Å². The van der Waals surface area contributed by atoms with Crippen molar-refractivity contribution in [3.05, 3.63) is 0 Å². The van der Waals surface area contributed by atoms with Crippen molar-refractivity contribution in [2.45, 2.75) is 36.8 Å². The van der Waals surface area contributed by atoms with Gasteiger partial charge < -0.3 is 0 Å². The van der Waals surface area contributed by atoms with Crippen molar-refractivity contribution < 1.29 is 3.53 Å². The van der Waals surface area contributed by atoms with E-state index in [0.717, 1.165) is 19.6 Å². The van der Waals surface area contributed by atoms with Gasteiger partial charge in [-0.15, -0.1) is 0 Å². The Hall–Kier alpha value is -0.134. The first-order valence-corrected chi connectivity index (χ1v) is 12.7. The third-order valence-electron chi connectivity index (χ3n) is 3.24. The first kappa shape index (κ1) is 13.3. The molecular formula is C12H24GaN3O. The van der Waals surface area contributed by atoms with Crippen LogP contribution < -0.4 is 0 Å². The van der Waals surface area contributed by atoms with Crippen LogP contribution in [0.1, 0.15) is 19.8 Å². The van der Waals surface area contributed by atoms with Crippen molar-refractivity contribution in [3.8, 4) is 0 Å². The average molecular weight is 296 g/mol. The zero-order valence-corrected chi connectivity index (χ0v) is 13.8. The van der Waals surface area contributed by atoms with Gasteiger partial charge in [0, 0.05) is 0 Å². The summed E-state index contributed by atoms with van der Waals surface area (Å²) >= 11 is -1.35. The number of fused-ring (bicyclic) bond motifs is 1. The van der Waals surface area contributed by atoms with Crippen LogP contribution in [0.5, 0.6) is 0 Å². The van der Waals surface area contributed by atoms with Gasteiger partial charge in [0.05, 0.1) is 0 Å². The molecule has 2 heterocycles. The fraction of sp³-hybridized carbons (Fsp3) is 0.917. The third-order valence-corrected chi connectivity index (χ3v) is 5.36. The quantitative estimate of drug-likeness (QED) is 0.734. The average Bonchev–Trinajstić information content (AvgIpc) is 2.28. The van der Waals surface area contributed by atoms with E-state index in [1.807, 2.05) is 0 Å². The van der Waals surface area contributed by atoms with Gasteiger partial charge in [0.2, 0.25) is 0 Å². The van der Waals surface area contributed by atoms with E-state index in [4.69, 9.17) is 8.52 Å². The molecule has 0 bridgehead atoms. The molecule has 0 aromatic rings. The molecule has 0 aliphatic carbocycles. The van der Waals surface area contributed by atoms with Crippen LogP contribution >= 0.6 is 0 Å². The molecule has 1 fully saturated rings. The molecule has 17 heavy (non-hydrogen) atoms. The van der Waals surface area contributed by atoms with E-state index in [2.05, 4.69) is 27.7 Å². The summed E-state index contributed by atoms with van der Waals surface area (Å²) in [4.78, 5) is 9.56. The summed E-state index contributed by atoms with van der Waals surface area (Å²) in [6, 6.07) is 0. The van der Waals surface area contributed by atoms with E-state index in [1.54, 1.807) is 0 Å². The van der Waals surface area contributed by atoms with E-state index in [-0.39, 0.29) is 0 Å². The fourth-order valence-corrected chi connectivity index (χ4v) is 4.83. The summed E-state index contributed by atoms with van der Waals surface area (Å²) in [5.74, 6) is 1.23. The molecule has 0 radical (unpaired) electrons. The summed E-state index contributed by atoms with van der Waals surface area (Å²) in [5.41, 5.74) is 4.56. The Morgan fingerprint density at radius 2 is 2.06 bits per heavy atom. The minimum absolute atomic E-state index is 0.361. The van der Waals surface area contributed by atoms with Gasteiger partial charge >= 0.3 is 110 Å². The number of nitrogens with zero attached hydrogens (tertiary/aromatic N) is 3. The molecule has 1 saturated heterocycles. The van der Waals surface area contributed by atoms with Crippen LogP contribution in [0.15, 0.2) is 4.99 Å². The van der Waals surface area contributed by atoms with Crippen molar-refractivity contribution in [2.75, 3.05) is 32.7 Å². The van der Waals surface area contributed by atoms with E-state index < -0.39 is 16.6 Å². The molecule has 1 unspecified atom stereocenters. The van der Waals surface area contributed by atoms with Crippen LogP contribution in [0.4, 0.5) is 0 Å². The molecule has 96 valence electrons. The fourth-order valence-electron chi connectivity index (χ4n) is 2.70. The predicted molar refractivity (Wildman–Crippen MR) is 72.7 cm³/mol. The summed E-state index contributed by atoms with van der Waals surface area (Å²) in [6.07, 6.45) is 2.83. The standard InChI is InChI=1S/C10H18N3O.2CH3.Ga/c1-9(14)8-13-7-3-6-12-5-2-4-11-10(12)13;;;/h9H,2-8H2,1H3;2*1H3;/q-1;;;+1. The molecule has 1 atom stereocenters. The Bertz CT molecular complexity index is 283. The normalized spacial score (nSPS) is 21.9. The Kier molecular flexibility index (Phi) is 4.82. The maximum absolute atomic E-state index is 6.00. The topological polar surface area (TPSA) is 28.1 Å². The SMILES string of the molecule is CC(CN1CCCN2CCCN=C21)[O][Ga]([CH3])[CH3]. The molecule has 0 aromatic carbocycles. The molecule has 4 nitrogen and oxygen atoms in total. The van der Waals surface area contributed by atoms with Gasteiger partial charge in [-0.2, -0.15) is 0 Å². The number of hydrogen-bond acceptors (Lipinski definition) is 4. The van der Waals surface area contributed by atoms with Crippen molar-refractivity contribution in [3.63, 3.8) is 0 Å². The molecule has 2 aliphatic heterocycles. The summed E-state index contributed by atoms with van der Waals surface area (Å²) in [6.45, 7) is 7.74. The third kappa shape index (κ3) is 3.66. The number of rotatable bonds is 4. The van der Waals surface area contributed by atoms with Crippen LogP contribution in [-0.4, -0.2) is 71.2 Å². The Balaban J connectivity index is 1.92. The molecule has 0 saturated carbocycles. The molecular weight excluding hydrogens is 272 g/mol. The first-order valence-electron chi connectivity index (χ1n) is 6.86. The van der Waals surface area contributed by atoms with E-state index in [9.17, 15) is 0 Å². The summed E-state index contributed by atoms with van der Waals surface area (Å²) in [5, 5.41) is 0. The molecule has 0 amide bonds. The second-order valence-electron chi connectivity index (χ2n) is 5.32. The number of hydrogen-bond donors (Lipinski definition) is 0. The van der Waals surface area contributed by atoms with Gasteiger partial charge in [0.25, 0.3) is 0 Å². The van der Waals surface area contributed by atoms with Crippen LogP contribution in [0, 0.1) is 0 Å². The van der Waals surface area contributed by atoms with Crippen LogP contribution in [-0.2, 0) is 3.53 Å². The second kappa shape index (κ2) is 6.16. The summed E-state index contributed by atoms with van der Waals surface area (Å²) < 4.78 is 6.00. The maximum atomic E-state index is 6.00. The van der Waals surface area contributed by atoms with Crippen molar-refractivity contribution in [2.24, 2.45) is 4.99 Å². The molecule has 0 aromatic heterocycles. The second-order valence-corrected chi connectivity index (χ2v) is 10.3. The van der Waals surface area contributed by atoms with Crippen molar-refractivity contribution >= 4 is 22.5 Å². The zero-order valence-electron chi connectivity index (χ0n) is 11.4. The first-order chi connectivity index (χ1) is 8.16. The van der Waals surface area contributed by atoms with Crippen molar-refractivity contribution in [1.29, 1.82) is 0 Å². The van der Waals surface area contributed by atoms with Gasteiger partial charge in [-0.05, 0) is 0 Å². The van der Waals surface area contributed by atoms with Gasteiger partial charge in [0.15, 0.2) is 0 Å². The van der Waals surface area contributed by atoms with Gasteiger partial charge in [-0.3, -0.25) is 0 Å². The Labute approximate surface area is 110 Å². The monoisotopic (exact) mass is 295 g/mol. The van der Waals surface area contributed by atoms with Gasteiger partial charge in [0.1, 0.15) is 0 Å². The van der Waals surface area contributed by atoms with Crippen LogP contribution in [0.2, 0.25) is 11.0 Å². The zero-order chi connectivity index (χ0) is 12.3. The molecule has 0 N–H and O–H groups in total. The van der Waals surface area contributed by atoms with E-state index in [0.29, 0.717) is 6.10 Å². The number of guanidine groups is 1.